The van der Waals surface area contributed by atoms with Gasteiger partial charge in [0.15, 0.2) is 0 Å². The van der Waals surface area contributed by atoms with Gasteiger partial charge in [-0.1, -0.05) is 12.1 Å². The Bertz CT molecular complexity index is 545. The molecule has 0 aliphatic carbocycles. The van der Waals surface area contributed by atoms with Gasteiger partial charge in [-0.15, -0.1) is 0 Å². The van der Waals surface area contributed by atoms with Crippen LogP contribution in [0.15, 0.2) is 12.1 Å². The van der Waals surface area contributed by atoms with Crippen molar-refractivity contribution in [1.82, 2.24) is 0 Å². The summed E-state index contributed by atoms with van der Waals surface area (Å²) in [6.07, 6.45) is 0.202. The van der Waals surface area contributed by atoms with E-state index < -0.39 is 15.2 Å². The molecule has 0 aliphatic rings. The van der Waals surface area contributed by atoms with E-state index in [0.717, 1.165) is 22.3 Å². The zero-order valence-corrected chi connectivity index (χ0v) is 15.7. The van der Waals surface area contributed by atoms with E-state index in [-0.39, 0.29) is 12.3 Å². The van der Waals surface area contributed by atoms with E-state index in [4.69, 9.17) is 18.1 Å². The molecule has 0 heterocycles. The highest BCUT2D eigenvalue weighted by Gasteiger charge is 2.28. The van der Waals surface area contributed by atoms with Crippen molar-refractivity contribution in [3.63, 3.8) is 0 Å². The summed E-state index contributed by atoms with van der Waals surface area (Å²) in [7, 11) is -1.05. The van der Waals surface area contributed by atoms with Gasteiger partial charge in [0.1, 0.15) is 0 Å². The van der Waals surface area contributed by atoms with Crippen molar-refractivity contribution in [3.05, 3.63) is 34.4 Å². The van der Waals surface area contributed by atoms with E-state index in [2.05, 4.69) is 0 Å². The third kappa shape index (κ3) is 4.76. The van der Waals surface area contributed by atoms with Crippen LogP contribution in [0.25, 0.3) is 0 Å². The van der Waals surface area contributed by atoms with Crippen LogP contribution in [-0.4, -0.2) is 28.4 Å². The summed E-state index contributed by atoms with van der Waals surface area (Å²) in [4.78, 5) is 0. The first-order chi connectivity index (χ1) is 10.2. The highest BCUT2D eigenvalue weighted by Crippen LogP contribution is 2.54. The van der Waals surface area contributed by atoms with E-state index in [9.17, 15) is 9.13 Å². The van der Waals surface area contributed by atoms with Crippen molar-refractivity contribution in [2.24, 2.45) is 0 Å². The fourth-order valence-corrected chi connectivity index (χ4v) is 4.29. The summed E-state index contributed by atoms with van der Waals surface area (Å²) in [5.41, 5.74) is 3.60. The lowest BCUT2D eigenvalue weighted by molar-refractivity contribution is 0.272. The van der Waals surface area contributed by atoms with Gasteiger partial charge in [-0.05, 0) is 36.1 Å². The van der Waals surface area contributed by atoms with Crippen LogP contribution in [0.3, 0.4) is 0 Å². The molecular formula is C14H24O6P2. The van der Waals surface area contributed by atoms with Crippen LogP contribution in [0.2, 0.25) is 0 Å². The van der Waals surface area contributed by atoms with Gasteiger partial charge in [0, 0.05) is 28.4 Å². The van der Waals surface area contributed by atoms with Gasteiger partial charge in [0.25, 0.3) is 0 Å². The molecule has 1 aromatic carbocycles. The molecule has 1 aromatic rings. The number of hydrogen-bond donors (Lipinski definition) is 0. The zero-order valence-electron chi connectivity index (χ0n) is 13.9. The molecular weight excluding hydrogens is 326 g/mol. The molecule has 6 nitrogen and oxygen atoms in total. The molecule has 22 heavy (non-hydrogen) atoms. The van der Waals surface area contributed by atoms with Crippen molar-refractivity contribution in [2.45, 2.75) is 26.2 Å². The van der Waals surface area contributed by atoms with Crippen LogP contribution in [0, 0.1) is 13.8 Å². The van der Waals surface area contributed by atoms with Crippen LogP contribution < -0.4 is 0 Å². The summed E-state index contributed by atoms with van der Waals surface area (Å²) < 4.78 is 44.8. The average Bonchev–Trinajstić information content (AvgIpc) is 2.51. The summed E-state index contributed by atoms with van der Waals surface area (Å²) >= 11 is 0. The molecule has 8 heteroatoms. The largest absolute Gasteiger partial charge is 0.334 e. The number of hydrogen-bond acceptors (Lipinski definition) is 6. The average molecular weight is 350 g/mol. The number of benzene rings is 1. The Labute approximate surface area is 132 Å². The molecule has 0 saturated carbocycles. The SMILES string of the molecule is COP(=O)(Cc1cc(C)c(C)cc1CP(=O)(OC)OC)OC. The maximum atomic E-state index is 12.4. The topological polar surface area (TPSA) is 71.1 Å². The smallest absolute Gasteiger partial charge is 0.312 e. The van der Waals surface area contributed by atoms with Gasteiger partial charge in [0.2, 0.25) is 0 Å². The molecule has 126 valence electrons. The van der Waals surface area contributed by atoms with Crippen molar-refractivity contribution >= 4 is 15.2 Å². The fraction of sp³-hybridized carbons (Fsp3) is 0.571. The van der Waals surface area contributed by atoms with Crippen LogP contribution in [0.4, 0.5) is 0 Å². The Hall–Kier alpha value is -0.480. The minimum atomic E-state index is -3.22. The first-order valence-corrected chi connectivity index (χ1v) is 10.2. The van der Waals surface area contributed by atoms with Gasteiger partial charge in [-0.25, -0.2) is 0 Å². The third-order valence-electron chi connectivity index (χ3n) is 3.66. The summed E-state index contributed by atoms with van der Waals surface area (Å²) in [6.45, 7) is 3.92. The number of rotatable bonds is 8. The minimum Gasteiger partial charge on any atom is -0.312 e. The monoisotopic (exact) mass is 350 g/mol. The van der Waals surface area contributed by atoms with Gasteiger partial charge in [0.05, 0.1) is 12.3 Å². The first kappa shape index (κ1) is 19.6. The molecule has 0 radical (unpaired) electrons. The van der Waals surface area contributed by atoms with Crippen molar-refractivity contribution in [3.8, 4) is 0 Å². The Balaban J connectivity index is 3.29. The molecule has 0 spiro atoms. The first-order valence-electron chi connectivity index (χ1n) is 6.72. The van der Waals surface area contributed by atoms with Crippen LogP contribution in [-0.2, 0) is 39.5 Å². The van der Waals surface area contributed by atoms with E-state index in [1.807, 2.05) is 26.0 Å². The molecule has 1 rings (SSSR count). The normalized spacial score (nSPS) is 12.6. The van der Waals surface area contributed by atoms with Gasteiger partial charge >= 0.3 is 15.2 Å². The second-order valence-corrected chi connectivity index (χ2v) is 9.51. The molecule has 0 unspecified atom stereocenters. The predicted octanol–water partition coefficient (Wildman–Crippen LogP) is 4.28. The molecule has 0 amide bonds. The molecule has 0 N–H and O–H groups in total. The van der Waals surface area contributed by atoms with E-state index in [0.29, 0.717) is 0 Å². The maximum absolute atomic E-state index is 12.4. The molecule has 0 bridgehead atoms. The van der Waals surface area contributed by atoms with Crippen LogP contribution in [0.5, 0.6) is 0 Å². The molecule has 0 aliphatic heterocycles. The minimum absolute atomic E-state index is 0.101. The molecule has 0 saturated heterocycles. The highest BCUT2D eigenvalue weighted by molar-refractivity contribution is 7.53. The lowest BCUT2D eigenvalue weighted by Crippen LogP contribution is -2.02. The highest BCUT2D eigenvalue weighted by atomic mass is 31.2. The summed E-state index contributed by atoms with van der Waals surface area (Å²) in [5, 5.41) is 0. The summed E-state index contributed by atoms with van der Waals surface area (Å²) in [5.74, 6) is 0. The third-order valence-corrected chi connectivity index (χ3v) is 7.34. The second-order valence-electron chi connectivity index (χ2n) is 4.97. The standard InChI is InChI=1S/C14H24O6P2/c1-11-7-13(9-21(15,17-3)18-4)14(8-12(11)2)10-22(16,19-5)20-6/h7-8H,9-10H2,1-6H3. The second kappa shape index (κ2) is 7.87. The van der Waals surface area contributed by atoms with Gasteiger partial charge in [-0.3, -0.25) is 9.13 Å². The van der Waals surface area contributed by atoms with Crippen molar-refractivity contribution < 1.29 is 27.2 Å². The molecule has 0 atom stereocenters. The summed E-state index contributed by atoms with van der Waals surface area (Å²) in [6, 6.07) is 3.82. The van der Waals surface area contributed by atoms with Crippen LogP contribution >= 0.6 is 15.2 Å². The maximum Gasteiger partial charge on any atom is 0.334 e. The lowest BCUT2D eigenvalue weighted by Gasteiger charge is -2.20. The van der Waals surface area contributed by atoms with E-state index >= 15 is 0 Å². The predicted molar refractivity (Wildman–Crippen MR) is 86.6 cm³/mol. The zero-order chi connectivity index (χ0) is 17.0. The van der Waals surface area contributed by atoms with E-state index in [1.165, 1.54) is 28.4 Å². The quantitative estimate of drug-likeness (QED) is 0.652. The Morgan fingerprint density at radius 3 is 1.23 bits per heavy atom. The Morgan fingerprint density at radius 1 is 0.727 bits per heavy atom. The van der Waals surface area contributed by atoms with Crippen molar-refractivity contribution in [2.75, 3.05) is 28.4 Å². The Kier molecular flexibility index (Phi) is 7.00. The van der Waals surface area contributed by atoms with Crippen molar-refractivity contribution in [1.29, 1.82) is 0 Å². The molecule has 0 aromatic heterocycles. The lowest BCUT2D eigenvalue weighted by atomic mass is 10.0. The fourth-order valence-electron chi connectivity index (χ4n) is 2.05. The number of aryl methyl sites for hydroxylation is 2. The van der Waals surface area contributed by atoms with Gasteiger partial charge in [-0.2, -0.15) is 0 Å². The van der Waals surface area contributed by atoms with E-state index in [1.54, 1.807) is 0 Å². The van der Waals surface area contributed by atoms with Crippen LogP contribution in [0.1, 0.15) is 22.3 Å². The van der Waals surface area contributed by atoms with Gasteiger partial charge < -0.3 is 18.1 Å². The Morgan fingerprint density at radius 2 is 1.00 bits per heavy atom. The molecule has 0 fully saturated rings.